The lowest BCUT2D eigenvalue weighted by molar-refractivity contribution is -0.380. The van der Waals surface area contributed by atoms with Gasteiger partial charge in [0.2, 0.25) is 0 Å². The van der Waals surface area contributed by atoms with Crippen molar-refractivity contribution >= 4 is 16.3 Å². The van der Waals surface area contributed by atoms with E-state index in [0.29, 0.717) is 6.42 Å². The van der Waals surface area contributed by atoms with Crippen molar-refractivity contribution in [2.45, 2.75) is 12.5 Å². The van der Waals surface area contributed by atoms with Gasteiger partial charge in [-0.25, -0.2) is 0 Å². The molecule has 0 spiro atoms. The van der Waals surface area contributed by atoms with Crippen LogP contribution in [0.3, 0.4) is 0 Å². The third-order valence-electron chi connectivity index (χ3n) is 1.60. The molecular weight excluding hydrogens is 192 g/mol. The lowest BCUT2D eigenvalue weighted by atomic mass is 10.2. The number of nitrogens with zero attached hydrogens (tertiary/aromatic N) is 1. The summed E-state index contributed by atoms with van der Waals surface area (Å²) in [6.45, 7) is -0.00708. The summed E-state index contributed by atoms with van der Waals surface area (Å²) in [7, 11) is 0. The second-order valence-corrected chi connectivity index (χ2v) is 3.65. The molecule has 0 bridgehead atoms. The van der Waals surface area contributed by atoms with Gasteiger partial charge >= 0.3 is 5.00 Å². The Balaban J connectivity index is 2.73. The van der Waals surface area contributed by atoms with Gasteiger partial charge in [-0.1, -0.05) is 11.3 Å². The summed E-state index contributed by atoms with van der Waals surface area (Å²) in [5.74, 6) is 0. The molecule has 0 aliphatic carbocycles. The number of hydrogen-bond acceptors (Lipinski definition) is 5. The minimum absolute atomic E-state index is 0.00708. The normalized spacial score (nSPS) is 12.8. The number of thiophene rings is 1. The molecule has 0 saturated heterocycles. The molecule has 1 unspecified atom stereocenters. The third-order valence-corrected chi connectivity index (χ3v) is 2.77. The van der Waals surface area contributed by atoms with Gasteiger partial charge in [0.05, 0.1) is 4.92 Å². The highest BCUT2D eigenvalue weighted by Crippen LogP contribution is 2.28. The van der Waals surface area contributed by atoms with Crippen molar-refractivity contribution in [3.05, 3.63) is 27.1 Å². The largest absolute Gasteiger partial charge is 0.396 e. The predicted molar refractivity (Wildman–Crippen MR) is 49.6 cm³/mol. The molecule has 13 heavy (non-hydrogen) atoms. The first-order chi connectivity index (χ1) is 6.15. The maximum Gasteiger partial charge on any atom is 0.324 e. The summed E-state index contributed by atoms with van der Waals surface area (Å²) in [4.78, 5) is 10.6. The van der Waals surface area contributed by atoms with Gasteiger partial charge in [0.1, 0.15) is 0 Å². The predicted octanol–water partition coefficient (Wildman–Crippen LogP) is 1.04. The summed E-state index contributed by atoms with van der Waals surface area (Å²) in [5, 5.41) is 19.0. The van der Waals surface area contributed by atoms with E-state index in [4.69, 9.17) is 10.8 Å². The van der Waals surface area contributed by atoms with Gasteiger partial charge in [-0.2, -0.15) is 0 Å². The highest BCUT2D eigenvalue weighted by molar-refractivity contribution is 7.15. The van der Waals surface area contributed by atoms with Gasteiger partial charge in [-0.3, -0.25) is 10.1 Å². The molecule has 0 aliphatic rings. The monoisotopic (exact) mass is 202 g/mol. The summed E-state index contributed by atoms with van der Waals surface area (Å²) in [6, 6.07) is 2.75. The van der Waals surface area contributed by atoms with Crippen molar-refractivity contribution in [2.24, 2.45) is 5.73 Å². The number of nitrogens with two attached hydrogens (primary N) is 1. The van der Waals surface area contributed by atoms with Crippen LogP contribution in [0.15, 0.2) is 12.1 Å². The maximum absolute atomic E-state index is 10.3. The fourth-order valence-corrected chi connectivity index (χ4v) is 1.78. The van der Waals surface area contributed by atoms with Crippen LogP contribution in [0.2, 0.25) is 0 Å². The number of rotatable bonds is 4. The zero-order valence-electron chi connectivity index (χ0n) is 6.84. The van der Waals surface area contributed by atoms with Gasteiger partial charge in [-0.05, 0) is 12.5 Å². The quantitative estimate of drug-likeness (QED) is 0.563. The fourth-order valence-electron chi connectivity index (χ4n) is 0.921. The summed E-state index contributed by atoms with van der Waals surface area (Å²) in [6.07, 6.45) is 0.428. The van der Waals surface area contributed by atoms with Crippen LogP contribution >= 0.6 is 11.3 Å². The first-order valence-electron chi connectivity index (χ1n) is 3.75. The number of hydrogen-bond donors (Lipinski definition) is 2. The van der Waals surface area contributed by atoms with E-state index < -0.39 is 4.92 Å². The van der Waals surface area contributed by atoms with Crippen molar-refractivity contribution in [2.75, 3.05) is 6.61 Å². The van der Waals surface area contributed by atoms with E-state index in [-0.39, 0.29) is 17.6 Å². The minimum atomic E-state index is -0.445. The Morgan fingerprint density at radius 1 is 1.69 bits per heavy atom. The summed E-state index contributed by atoms with van der Waals surface area (Å²) < 4.78 is 0. The molecule has 1 heterocycles. The molecule has 0 aromatic carbocycles. The standard InChI is InChI=1S/C7H10N2O3S/c8-5(3-4-10)6-1-2-7(13-6)9(11)12/h1-2,5,10H,3-4,8H2. The van der Waals surface area contributed by atoms with Crippen molar-refractivity contribution in [3.63, 3.8) is 0 Å². The van der Waals surface area contributed by atoms with Crippen molar-refractivity contribution in [1.82, 2.24) is 0 Å². The van der Waals surface area contributed by atoms with Gasteiger partial charge in [0, 0.05) is 23.6 Å². The number of aliphatic hydroxyl groups is 1. The third kappa shape index (κ3) is 2.48. The molecule has 5 nitrogen and oxygen atoms in total. The lowest BCUT2D eigenvalue weighted by Crippen LogP contribution is -2.09. The van der Waals surface area contributed by atoms with Crippen molar-refractivity contribution in [3.8, 4) is 0 Å². The maximum atomic E-state index is 10.3. The summed E-state index contributed by atoms with van der Waals surface area (Å²) >= 11 is 1.05. The molecule has 0 radical (unpaired) electrons. The highest BCUT2D eigenvalue weighted by atomic mass is 32.1. The molecule has 0 fully saturated rings. The second kappa shape index (κ2) is 4.31. The van der Waals surface area contributed by atoms with Crippen LogP contribution in [0, 0.1) is 10.1 Å². The topological polar surface area (TPSA) is 89.4 Å². The highest BCUT2D eigenvalue weighted by Gasteiger charge is 2.13. The molecule has 3 N–H and O–H groups in total. The molecule has 6 heteroatoms. The minimum Gasteiger partial charge on any atom is -0.396 e. The zero-order chi connectivity index (χ0) is 9.84. The molecule has 1 aromatic rings. The molecule has 0 amide bonds. The Bertz CT molecular complexity index is 300. The van der Waals surface area contributed by atoms with Crippen LogP contribution in [-0.4, -0.2) is 16.6 Å². The van der Waals surface area contributed by atoms with Crippen molar-refractivity contribution < 1.29 is 10.0 Å². The molecule has 0 saturated carbocycles. The van der Waals surface area contributed by atoms with E-state index in [9.17, 15) is 10.1 Å². The fraction of sp³-hybridized carbons (Fsp3) is 0.429. The van der Waals surface area contributed by atoms with Crippen LogP contribution in [0.4, 0.5) is 5.00 Å². The zero-order valence-corrected chi connectivity index (χ0v) is 7.66. The molecular formula is C7H10N2O3S. The smallest absolute Gasteiger partial charge is 0.324 e. The Labute approximate surface area is 79.0 Å². The van der Waals surface area contributed by atoms with Crippen LogP contribution in [-0.2, 0) is 0 Å². The van der Waals surface area contributed by atoms with Gasteiger partial charge in [0.25, 0.3) is 0 Å². The molecule has 1 atom stereocenters. The molecule has 1 rings (SSSR count). The average Bonchev–Trinajstić information content (AvgIpc) is 2.52. The second-order valence-electron chi connectivity index (χ2n) is 2.55. The van der Waals surface area contributed by atoms with E-state index in [0.717, 1.165) is 16.2 Å². The van der Waals surface area contributed by atoms with E-state index in [1.165, 1.54) is 6.07 Å². The van der Waals surface area contributed by atoms with E-state index in [1.54, 1.807) is 6.07 Å². The van der Waals surface area contributed by atoms with E-state index in [1.807, 2.05) is 0 Å². The van der Waals surface area contributed by atoms with Crippen LogP contribution in [0.25, 0.3) is 0 Å². The number of aliphatic hydroxyl groups excluding tert-OH is 1. The van der Waals surface area contributed by atoms with E-state index >= 15 is 0 Å². The lowest BCUT2D eigenvalue weighted by Gasteiger charge is -2.04. The van der Waals surface area contributed by atoms with Gasteiger partial charge in [0.15, 0.2) is 0 Å². The average molecular weight is 202 g/mol. The Kier molecular flexibility index (Phi) is 3.35. The SMILES string of the molecule is NC(CCO)c1ccc([N+](=O)[O-])s1. The van der Waals surface area contributed by atoms with Crippen molar-refractivity contribution in [1.29, 1.82) is 0 Å². The Morgan fingerprint density at radius 2 is 2.38 bits per heavy atom. The van der Waals surface area contributed by atoms with Crippen LogP contribution in [0.5, 0.6) is 0 Å². The first-order valence-corrected chi connectivity index (χ1v) is 4.57. The Morgan fingerprint density at radius 3 is 2.85 bits per heavy atom. The summed E-state index contributed by atoms with van der Waals surface area (Å²) in [5.41, 5.74) is 5.65. The molecule has 0 aliphatic heterocycles. The van der Waals surface area contributed by atoms with Gasteiger partial charge in [-0.15, -0.1) is 0 Å². The van der Waals surface area contributed by atoms with Crippen LogP contribution < -0.4 is 5.73 Å². The Hall–Kier alpha value is -0.980. The molecule has 1 aromatic heterocycles. The van der Waals surface area contributed by atoms with Crippen LogP contribution in [0.1, 0.15) is 17.3 Å². The van der Waals surface area contributed by atoms with Gasteiger partial charge < -0.3 is 10.8 Å². The number of nitro groups is 1. The first kappa shape index (κ1) is 10.1. The molecule has 72 valence electrons. The van der Waals surface area contributed by atoms with E-state index in [2.05, 4.69) is 0 Å².